The molecule has 0 bridgehead atoms. The monoisotopic (exact) mass is 241 g/mol. The van der Waals surface area contributed by atoms with Gasteiger partial charge in [0.2, 0.25) is 0 Å². The first-order valence-electron chi connectivity index (χ1n) is 6.81. The van der Waals surface area contributed by atoms with Gasteiger partial charge in [0, 0.05) is 19.1 Å². The summed E-state index contributed by atoms with van der Waals surface area (Å²) >= 11 is 0. The first-order chi connectivity index (χ1) is 8.81. The van der Waals surface area contributed by atoms with Gasteiger partial charge in [-0.15, -0.1) is 0 Å². The van der Waals surface area contributed by atoms with Gasteiger partial charge in [-0.2, -0.15) is 5.26 Å². The molecule has 94 valence electrons. The topological polar surface area (TPSA) is 53.1 Å². The Morgan fingerprint density at radius 1 is 1.28 bits per heavy atom. The predicted molar refractivity (Wildman–Crippen MR) is 72.1 cm³/mol. The predicted octanol–water partition coefficient (Wildman–Crippen LogP) is 2.40. The van der Waals surface area contributed by atoms with E-state index in [1.165, 1.54) is 25.7 Å². The van der Waals surface area contributed by atoms with Crippen molar-refractivity contribution in [3.8, 4) is 6.07 Å². The number of benzene rings is 1. The van der Waals surface area contributed by atoms with Crippen LogP contribution in [0, 0.1) is 17.2 Å². The highest BCUT2D eigenvalue weighted by molar-refractivity contribution is 5.61. The van der Waals surface area contributed by atoms with Crippen LogP contribution in [0.15, 0.2) is 18.2 Å². The van der Waals surface area contributed by atoms with Crippen LogP contribution in [0.3, 0.4) is 0 Å². The minimum absolute atomic E-state index is 0.501. The second kappa shape index (κ2) is 4.62. The van der Waals surface area contributed by atoms with Gasteiger partial charge in [0.25, 0.3) is 0 Å². The van der Waals surface area contributed by atoms with E-state index in [2.05, 4.69) is 23.1 Å². The standard InChI is InChI=1S/C15H19N3/c16-8-12-3-6-15(13(7-12)9-17)18(14-4-5-14)10-11-1-2-11/h3,6-7,11,14H,1-2,4-5,8,10,16H2. The zero-order valence-electron chi connectivity index (χ0n) is 10.6. The SMILES string of the molecule is N#Cc1cc(CN)ccc1N(CC1CC1)C1CC1. The van der Waals surface area contributed by atoms with Crippen LogP contribution in [0.5, 0.6) is 0 Å². The number of hydrogen-bond acceptors (Lipinski definition) is 3. The summed E-state index contributed by atoms with van der Waals surface area (Å²) in [4.78, 5) is 2.45. The van der Waals surface area contributed by atoms with Crippen LogP contribution in [-0.4, -0.2) is 12.6 Å². The lowest BCUT2D eigenvalue weighted by atomic mass is 10.1. The van der Waals surface area contributed by atoms with Gasteiger partial charge >= 0.3 is 0 Å². The van der Waals surface area contributed by atoms with E-state index in [0.717, 1.165) is 29.3 Å². The Kier molecular flexibility index (Phi) is 2.97. The first-order valence-corrected chi connectivity index (χ1v) is 6.81. The molecule has 0 aromatic heterocycles. The molecule has 0 saturated heterocycles. The van der Waals surface area contributed by atoms with Crippen LogP contribution in [0.1, 0.15) is 36.8 Å². The third-order valence-corrected chi connectivity index (χ3v) is 3.87. The van der Waals surface area contributed by atoms with Gasteiger partial charge in [-0.1, -0.05) is 6.07 Å². The number of nitrogens with two attached hydrogens (primary N) is 1. The van der Waals surface area contributed by atoms with Crippen molar-refractivity contribution in [3.05, 3.63) is 29.3 Å². The molecular formula is C15H19N3. The highest BCUT2D eigenvalue weighted by Gasteiger charge is 2.34. The Balaban J connectivity index is 1.89. The molecule has 2 saturated carbocycles. The maximum atomic E-state index is 9.32. The van der Waals surface area contributed by atoms with Crippen LogP contribution < -0.4 is 10.6 Å². The summed E-state index contributed by atoms with van der Waals surface area (Å²) in [6.45, 7) is 1.63. The fourth-order valence-corrected chi connectivity index (χ4v) is 2.46. The zero-order valence-corrected chi connectivity index (χ0v) is 10.6. The lowest BCUT2D eigenvalue weighted by molar-refractivity contribution is 0.718. The average molecular weight is 241 g/mol. The molecule has 0 spiro atoms. The summed E-state index contributed by atoms with van der Waals surface area (Å²) in [5, 5.41) is 9.32. The molecule has 0 unspecified atom stereocenters. The van der Waals surface area contributed by atoms with Gasteiger partial charge in [-0.05, 0) is 49.3 Å². The molecule has 1 aromatic rings. The van der Waals surface area contributed by atoms with Crippen LogP contribution >= 0.6 is 0 Å². The molecule has 0 aliphatic heterocycles. The summed E-state index contributed by atoms with van der Waals surface area (Å²) in [6, 6.07) is 9.08. The Morgan fingerprint density at radius 2 is 2.06 bits per heavy atom. The molecule has 3 heteroatoms. The van der Waals surface area contributed by atoms with E-state index in [9.17, 15) is 5.26 Å². The molecule has 2 aliphatic carbocycles. The Morgan fingerprint density at radius 3 is 2.61 bits per heavy atom. The fourth-order valence-electron chi connectivity index (χ4n) is 2.46. The minimum Gasteiger partial charge on any atom is -0.367 e. The molecule has 3 rings (SSSR count). The Bertz CT molecular complexity index is 481. The zero-order chi connectivity index (χ0) is 12.5. The first kappa shape index (κ1) is 11.6. The molecule has 0 radical (unpaired) electrons. The van der Waals surface area contributed by atoms with E-state index in [4.69, 9.17) is 5.73 Å². The molecule has 0 amide bonds. The summed E-state index contributed by atoms with van der Waals surface area (Å²) in [6.07, 6.45) is 5.25. The van der Waals surface area contributed by atoms with Crippen molar-refractivity contribution >= 4 is 5.69 Å². The van der Waals surface area contributed by atoms with Gasteiger partial charge in [0.15, 0.2) is 0 Å². The van der Waals surface area contributed by atoms with Crippen LogP contribution in [-0.2, 0) is 6.54 Å². The molecule has 0 atom stereocenters. The van der Waals surface area contributed by atoms with Crippen molar-refractivity contribution in [2.45, 2.75) is 38.3 Å². The largest absolute Gasteiger partial charge is 0.367 e. The van der Waals surface area contributed by atoms with E-state index in [1.807, 2.05) is 6.07 Å². The van der Waals surface area contributed by atoms with Crippen molar-refractivity contribution in [1.29, 1.82) is 5.26 Å². The third-order valence-electron chi connectivity index (χ3n) is 3.87. The van der Waals surface area contributed by atoms with Crippen LogP contribution in [0.4, 0.5) is 5.69 Å². The van der Waals surface area contributed by atoms with Crippen molar-refractivity contribution in [2.24, 2.45) is 11.7 Å². The van der Waals surface area contributed by atoms with Crippen molar-refractivity contribution in [2.75, 3.05) is 11.4 Å². The van der Waals surface area contributed by atoms with Crippen molar-refractivity contribution < 1.29 is 0 Å². The van der Waals surface area contributed by atoms with E-state index in [-0.39, 0.29) is 0 Å². The van der Waals surface area contributed by atoms with Gasteiger partial charge in [-0.25, -0.2) is 0 Å². The second-order valence-corrected chi connectivity index (χ2v) is 5.49. The van der Waals surface area contributed by atoms with Crippen molar-refractivity contribution in [1.82, 2.24) is 0 Å². The summed E-state index contributed by atoms with van der Waals surface area (Å²) in [5.74, 6) is 0.853. The number of anilines is 1. The lowest BCUT2D eigenvalue weighted by Crippen LogP contribution is -2.28. The number of hydrogen-bond donors (Lipinski definition) is 1. The van der Waals surface area contributed by atoms with Crippen molar-refractivity contribution in [3.63, 3.8) is 0 Å². The molecule has 18 heavy (non-hydrogen) atoms. The van der Waals surface area contributed by atoms with E-state index >= 15 is 0 Å². The minimum atomic E-state index is 0.501. The average Bonchev–Trinajstić information content (AvgIpc) is 3.28. The molecule has 2 aliphatic rings. The van der Waals surface area contributed by atoms with Gasteiger partial charge in [0.1, 0.15) is 6.07 Å². The van der Waals surface area contributed by atoms with Gasteiger partial charge < -0.3 is 10.6 Å². The van der Waals surface area contributed by atoms with E-state index < -0.39 is 0 Å². The molecule has 2 fully saturated rings. The maximum absolute atomic E-state index is 9.32. The molecule has 0 heterocycles. The number of nitrogens with zero attached hydrogens (tertiary/aromatic N) is 2. The second-order valence-electron chi connectivity index (χ2n) is 5.49. The fraction of sp³-hybridized carbons (Fsp3) is 0.533. The lowest BCUT2D eigenvalue weighted by Gasteiger charge is -2.26. The highest BCUT2D eigenvalue weighted by atomic mass is 15.2. The quantitative estimate of drug-likeness (QED) is 0.861. The highest BCUT2D eigenvalue weighted by Crippen LogP contribution is 2.38. The third kappa shape index (κ3) is 2.34. The maximum Gasteiger partial charge on any atom is 0.101 e. The molecule has 1 aromatic carbocycles. The Labute approximate surface area is 108 Å². The van der Waals surface area contributed by atoms with Crippen LogP contribution in [0.2, 0.25) is 0 Å². The van der Waals surface area contributed by atoms with E-state index in [0.29, 0.717) is 12.6 Å². The van der Waals surface area contributed by atoms with Gasteiger partial charge in [-0.3, -0.25) is 0 Å². The number of rotatable bonds is 5. The normalized spacial score (nSPS) is 18.4. The summed E-state index contributed by atoms with van der Waals surface area (Å²) in [5.41, 5.74) is 8.58. The summed E-state index contributed by atoms with van der Waals surface area (Å²) < 4.78 is 0. The molecule has 2 N–H and O–H groups in total. The molecule has 3 nitrogen and oxygen atoms in total. The number of nitriles is 1. The molecular weight excluding hydrogens is 222 g/mol. The summed E-state index contributed by atoms with van der Waals surface area (Å²) in [7, 11) is 0. The van der Waals surface area contributed by atoms with E-state index in [1.54, 1.807) is 0 Å². The Hall–Kier alpha value is -1.53. The van der Waals surface area contributed by atoms with Gasteiger partial charge in [0.05, 0.1) is 11.3 Å². The van der Waals surface area contributed by atoms with Crippen LogP contribution in [0.25, 0.3) is 0 Å². The smallest absolute Gasteiger partial charge is 0.101 e.